The Balaban J connectivity index is 1.84. The second-order valence-corrected chi connectivity index (χ2v) is 5.19. The molecule has 0 saturated carbocycles. The van der Waals surface area contributed by atoms with Gasteiger partial charge in [-0.1, -0.05) is 17.7 Å². The van der Waals surface area contributed by atoms with E-state index in [1.54, 1.807) is 25.1 Å². The lowest BCUT2D eigenvalue weighted by atomic mass is 10.1. The van der Waals surface area contributed by atoms with Crippen molar-refractivity contribution < 1.29 is 18.7 Å². The number of carbonyl (C=O) groups is 1. The smallest absolute Gasteiger partial charge is 0.315 e. The highest BCUT2D eigenvalue weighted by atomic mass is 35.5. The zero-order chi connectivity index (χ0) is 16.1. The average molecular weight is 327 g/mol. The van der Waals surface area contributed by atoms with Crippen LogP contribution in [-0.4, -0.2) is 17.7 Å². The molecule has 0 aliphatic heterocycles. The summed E-state index contributed by atoms with van der Waals surface area (Å²) in [6.07, 6.45) is 0.523. The molecule has 3 N–H and O–H groups in total. The number of halogens is 2. The number of rotatable bonds is 5. The summed E-state index contributed by atoms with van der Waals surface area (Å²) in [6.45, 7) is 1.75. The lowest BCUT2D eigenvalue weighted by Crippen LogP contribution is -2.39. The Morgan fingerprint density at radius 3 is 2.86 bits per heavy atom. The fraction of sp³-hybridized carbons (Fsp3) is 0.267. The minimum atomic E-state index is -0.920. The number of carbonyl (C=O) groups excluding carboxylic acids is 1. The molecule has 0 radical (unpaired) electrons. The van der Waals surface area contributed by atoms with Crippen LogP contribution in [0.1, 0.15) is 30.4 Å². The fourth-order valence-corrected chi connectivity index (χ4v) is 2.07. The van der Waals surface area contributed by atoms with E-state index < -0.39 is 18.0 Å². The summed E-state index contributed by atoms with van der Waals surface area (Å²) in [5, 5.41) is 15.0. The van der Waals surface area contributed by atoms with Gasteiger partial charge in [-0.15, -0.1) is 0 Å². The Kier molecular flexibility index (Phi) is 5.41. The molecule has 0 spiro atoms. The van der Waals surface area contributed by atoms with Crippen LogP contribution >= 0.6 is 11.6 Å². The largest absolute Gasteiger partial charge is 0.467 e. The second-order valence-electron chi connectivity index (χ2n) is 4.78. The predicted molar refractivity (Wildman–Crippen MR) is 80.0 cm³/mol. The lowest BCUT2D eigenvalue weighted by Gasteiger charge is -2.16. The first-order valence-corrected chi connectivity index (χ1v) is 7.06. The highest BCUT2D eigenvalue weighted by molar-refractivity contribution is 6.30. The van der Waals surface area contributed by atoms with Gasteiger partial charge in [-0.25, -0.2) is 9.18 Å². The van der Waals surface area contributed by atoms with E-state index in [2.05, 4.69) is 10.6 Å². The fourth-order valence-electron chi connectivity index (χ4n) is 1.88. The number of amides is 2. The molecule has 0 fully saturated rings. The number of benzene rings is 1. The van der Waals surface area contributed by atoms with Crippen LogP contribution in [-0.2, 0) is 0 Å². The Labute approximate surface area is 132 Å². The van der Waals surface area contributed by atoms with Crippen molar-refractivity contribution in [2.45, 2.75) is 19.1 Å². The van der Waals surface area contributed by atoms with Crippen molar-refractivity contribution in [1.29, 1.82) is 0 Å². The van der Waals surface area contributed by atoms with Gasteiger partial charge < -0.3 is 20.2 Å². The molecule has 2 rings (SSSR count). The van der Waals surface area contributed by atoms with Crippen molar-refractivity contribution in [1.82, 2.24) is 10.6 Å². The van der Waals surface area contributed by atoms with Gasteiger partial charge in [0.2, 0.25) is 0 Å². The summed E-state index contributed by atoms with van der Waals surface area (Å²) in [6, 6.07) is 6.70. The molecule has 1 aromatic carbocycles. The molecule has 0 aliphatic carbocycles. The van der Waals surface area contributed by atoms with E-state index in [0.717, 1.165) is 0 Å². The number of hydrogen-bond donors (Lipinski definition) is 3. The molecule has 22 heavy (non-hydrogen) atoms. The van der Waals surface area contributed by atoms with E-state index in [1.165, 1.54) is 18.4 Å². The number of nitrogens with one attached hydrogen (secondary N) is 2. The number of aliphatic hydroxyl groups is 1. The van der Waals surface area contributed by atoms with Crippen LogP contribution in [0.3, 0.4) is 0 Å². The van der Waals surface area contributed by atoms with Gasteiger partial charge in [0.05, 0.1) is 23.9 Å². The van der Waals surface area contributed by atoms with Crippen LogP contribution in [0.4, 0.5) is 9.18 Å². The number of hydrogen-bond acceptors (Lipinski definition) is 3. The molecule has 0 saturated heterocycles. The van der Waals surface area contributed by atoms with Crippen LogP contribution in [0.5, 0.6) is 0 Å². The maximum Gasteiger partial charge on any atom is 0.315 e. The van der Waals surface area contributed by atoms with E-state index >= 15 is 0 Å². The molecule has 2 unspecified atom stereocenters. The average Bonchev–Trinajstić information content (AvgIpc) is 3.02. The summed E-state index contributed by atoms with van der Waals surface area (Å²) in [7, 11) is 0. The quantitative estimate of drug-likeness (QED) is 0.790. The zero-order valence-corrected chi connectivity index (χ0v) is 12.6. The van der Waals surface area contributed by atoms with E-state index in [0.29, 0.717) is 11.3 Å². The molecule has 7 heteroatoms. The molecule has 1 aromatic heterocycles. The first kappa shape index (κ1) is 16.3. The summed E-state index contributed by atoms with van der Waals surface area (Å²) >= 11 is 5.71. The highest BCUT2D eigenvalue weighted by Crippen LogP contribution is 2.20. The Morgan fingerprint density at radius 1 is 1.45 bits per heavy atom. The summed E-state index contributed by atoms with van der Waals surface area (Å²) in [4.78, 5) is 11.8. The van der Waals surface area contributed by atoms with Gasteiger partial charge in [-0.3, -0.25) is 0 Å². The number of aliphatic hydroxyl groups excluding tert-OH is 1. The first-order valence-electron chi connectivity index (χ1n) is 6.68. The monoisotopic (exact) mass is 326 g/mol. The van der Waals surface area contributed by atoms with E-state index in [-0.39, 0.29) is 17.6 Å². The summed E-state index contributed by atoms with van der Waals surface area (Å²) in [5.74, 6) is -0.137. The van der Waals surface area contributed by atoms with Gasteiger partial charge in [0.1, 0.15) is 17.7 Å². The normalized spacial score (nSPS) is 13.5. The minimum Gasteiger partial charge on any atom is -0.467 e. The Morgan fingerprint density at radius 2 is 2.23 bits per heavy atom. The van der Waals surface area contributed by atoms with Gasteiger partial charge in [-0.05, 0) is 36.8 Å². The molecule has 118 valence electrons. The number of urea groups is 1. The highest BCUT2D eigenvalue weighted by Gasteiger charge is 2.14. The van der Waals surface area contributed by atoms with Crippen molar-refractivity contribution in [3.05, 3.63) is 58.8 Å². The van der Waals surface area contributed by atoms with E-state index in [9.17, 15) is 14.3 Å². The Bertz CT molecular complexity index is 634. The summed E-state index contributed by atoms with van der Waals surface area (Å²) in [5.41, 5.74) is 0.674. The first-order chi connectivity index (χ1) is 10.5. The van der Waals surface area contributed by atoms with Gasteiger partial charge in [0.15, 0.2) is 0 Å². The molecule has 0 bridgehead atoms. The molecule has 2 aromatic rings. The predicted octanol–water partition coefficient (Wildman–Crippen LogP) is 3.17. The van der Waals surface area contributed by atoms with Gasteiger partial charge in [-0.2, -0.15) is 0 Å². The second kappa shape index (κ2) is 7.29. The van der Waals surface area contributed by atoms with Crippen LogP contribution in [0.25, 0.3) is 0 Å². The maximum absolute atomic E-state index is 13.1. The van der Waals surface area contributed by atoms with Crippen molar-refractivity contribution in [3.8, 4) is 0 Å². The third kappa shape index (κ3) is 4.22. The molecular formula is C15H16ClFN2O3. The van der Waals surface area contributed by atoms with Crippen molar-refractivity contribution >= 4 is 17.6 Å². The van der Waals surface area contributed by atoms with Crippen molar-refractivity contribution in [2.75, 3.05) is 6.54 Å². The topological polar surface area (TPSA) is 74.5 Å². The molecule has 0 aliphatic rings. The molecule has 2 amide bonds. The standard InChI is InChI=1S/C15H16ClFN2O3/c1-9(10-4-5-12(17)11(16)7-10)19-15(21)18-8-13(20)14-3-2-6-22-14/h2-7,9,13,20H,8H2,1H3,(H2,18,19,21). The zero-order valence-electron chi connectivity index (χ0n) is 11.8. The van der Waals surface area contributed by atoms with E-state index in [4.69, 9.17) is 16.0 Å². The van der Waals surface area contributed by atoms with Gasteiger partial charge in [0, 0.05) is 0 Å². The van der Waals surface area contributed by atoms with Crippen LogP contribution < -0.4 is 10.6 Å². The van der Waals surface area contributed by atoms with Crippen LogP contribution in [0.2, 0.25) is 5.02 Å². The summed E-state index contributed by atoms with van der Waals surface area (Å²) < 4.78 is 18.1. The van der Waals surface area contributed by atoms with Crippen LogP contribution in [0.15, 0.2) is 41.0 Å². The van der Waals surface area contributed by atoms with Crippen LogP contribution in [0, 0.1) is 5.82 Å². The van der Waals surface area contributed by atoms with Gasteiger partial charge >= 0.3 is 6.03 Å². The SMILES string of the molecule is CC(NC(=O)NCC(O)c1ccco1)c1ccc(F)c(Cl)c1. The Hall–Kier alpha value is -2.05. The molecule has 1 heterocycles. The number of furan rings is 1. The third-order valence-corrected chi connectivity index (χ3v) is 3.41. The molecule has 2 atom stereocenters. The minimum absolute atomic E-state index is 0.000185. The maximum atomic E-state index is 13.1. The van der Waals surface area contributed by atoms with Crippen molar-refractivity contribution in [3.63, 3.8) is 0 Å². The van der Waals surface area contributed by atoms with E-state index in [1.807, 2.05) is 0 Å². The lowest BCUT2D eigenvalue weighted by molar-refractivity contribution is 0.147. The molecular weight excluding hydrogens is 311 g/mol. The van der Waals surface area contributed by atoms with Crippen molar-refractivity contribution in [2.24, 2.45) is 0 Å². The third-order valence-electron chi connectivity index (χ3n) is 3.12. The molecule has 5 nitrogen and oxygen atoms in total. The van der Waals surface area contributed by atoms with Gasteiger partial charge in [0.25, 0.3) is 0 Å².